The summed E-state index contributed by atoms with van der Waals surface area (Å²) < 4.78 is 5.77. The number of rotatable bonds is 7. The molecule has 28 heavy (non-hydrogen) atoms. The zero-order chi connectivity index (χ0) is 19.3. The Labute approximate surface area is 160 Å². The van der Waals surface area contributed by atoms with E-state index in [-0.39, 0.29) is 6.61 Å². The number of hydrogen-bond acceptors (Lipinski definition) is 8. The molecular weight excluding hydrogens is 360 g/mol. The SMILES string of the molecule is N[C@H](CO)Cn1nnc(-c2ccc(Oc3ccc(-c4cc[nH]n4)cn3)cc2)n1. The molecule has 4 aromatic rings. The molecule has 142 valence electrons. The molecule has 0 aliphatic rings. The second-order valence-corrected chi connectivity index (χ2v) is 6.08. The van der Waals surface area contributed by atoms with Crippen molar-refractivity contribution >= 4 is 0 Å². The lowest BCUT2D eigenvalue weighted by Crippen LogP contribution is -2.30. The van der Waals surface area contributed by atoms with Crippen LogP contribution in [0.15, 0.2) is 54.9 Å². The van der Waals surface area contributed by atoms with Crippen molar-refractivity contribution in [3.05, 3.63) is 54.9 Å². The van der Waals surface area contributed by atoms with Crippen LogP contribution in [-0.4, -0.2) is 53.1 Å². The van der Waals surface area contributed by atoms with E-state index in [0.717, 1.165) is 16.8 Å². The molecular formula is C18H18N8O2. The van der Waals surface area contributed by atoms with Gasteiger partial charge >= 0.3 is 0 Å². The summed E-state index contributed by atoms with van der Waals surface area (Å²) in [6.07, 6.45) is 3.47. The van der Waals surface area contributed by atoms with Gasteiger partial charge in [-0.3, -0.25) is 5.10 Å². The summed E-state index contributed by atoms with van der Waals surface area (Å²) in [6.45, 7) is 0.157. The van der Waals surface area contributed by atoms with Crippen molar-refractivity contribution in [2.24, 2.45) is 5.73 Å². The third-order valence-corrected chi connectivity index (χ3v) is 3.95. The van der Waals surface area contributed by atoms with E-state index < -0.39 is 6.04 Å². The second-order valence-electron chi connectivity index (χ2n) is 6.08. The molecule has 10 nitrogen and oxygen atoms in total. The summed E-state index contributed by atoms with van der Waals surface area (Å²) in [5.74, 6) is 1.59. The number of H-pyrrole nitrogens is 1. The van der Waals surface area contributed by atoms with Crippen LogP contribution in [0, 0.1) is 0 Å². The molecule has 0 amide bonds. The smallest absolute Gasteiger partial charge is 0.219 e. The monoisotopic (exact) mass is 378 g/mol. The molecule has 0 bridgehead atoms. The first-order chi connectivity index (χ1) is 13.7. The Morgan fingerprint density at radius 1 is 1.11 bits per heavy atom. The largest absolute Gasteiger partial charge is 0.439 e. The van der Waals surface area contributed by atoms with E-state index in [2.05, 4.69) is 30.6 Å². The van der Waals surface area contributed by atoms with Crippen molar-refractivity contribution in [1.29, 1.82) is 0 Å². The molecule has 0 fully saturated rings. The summed E-state index contributed by atoms with van der Waals surface area (Å²) >= 11 is 0. The Kier molecular flexibility index (Phi) is 5.04. The number of tetrazole rings is 1. The molecule has 0 radical (unpaired) electrons. The normalized spacial score (nSPS) is 12.1. The van der Waals surface area contributed by atoms with Gasteiger partial charge in [0.1, 0.15) is 5.75 Å². The van der Waals surface area contributed by atoms with Gasteiger partial charge in [-0.25, -0.2) is 4.98 Å². The van der Waals surface area contributed by atoms with Crippen molar-refractivity contribution in [2.45, 2.75) is 12.6 Å². The number of ether oxygens (including phenoxy) is 1. The molecule has 3 aromatic heterocycles. The highest BCUT2D eigenvalue weighted by atomic mass is 16.5. The van der Waals surface area contributed by atoms with Crippen LogP contribution in [0.3, 0.4) is 0 Å². The Hall–Kier alpha value is -3.63. The molecule has 0 aliphatic carbocycles. The van der Waals surface area contributed by atoms with Gasteiger partial charge in [-0.05, 0) is 41.6 Å². The number of aliphatic hydroxyl groups excluding tert-OH is 1. The molecule has 4 N–H and O–H groups in total. The predicted octanol–water partition coefficient (Wildman–Crippen LogP) is 1.24. The number of nitrogens with two attached hydrogens (primary N) is 1. The Morgan fingerprint density at radius 2 is 1.93 bits per heavy atom. The average Bonchev–Trinajstić information content (AvgIpc) is 3.41. The molecule has 0 unspecified atom stereocenters. The van der Waals surface area contributed by atoms with E-state index in [1.165, 1.54) is 4.80 Å². The van der Waals surface area contributed by atoms with Crippen molar-refractivity contribution in [3.63, 3.8) is 0 Å². The van der Waals surface area contributed by atoms with Crippen molar-refractivity contribution < 1.29 is 9.84 Å². The van der Waals surface area contributed by atoms with E-state index in [9.17, 15) is 0 Å². The maximum Gasteiger partial charge on any atom is 0.219 e. The maximum absolute atomic E-state index is 9.00. The summed E-state index contributed by atoms with van der Waals surface area (Å²) in [5, 5.41) is 28.1. The van der Waals surface area contributed by atoms with Crippen LogP contribution < -0.4 is 10.5 Å². The highest BCUT2D eigenvalue weighted by molar-refractivity contribution is 5.58. The van der Waals surface area contributed by atoms with Crippen LogP contribution in [0.4, 0.5) is 0 Å². The van der Waals surface area contributed by atoms with Gasteiger partial charge in [0.15, 0.2) is 0 Å². The van der Waals surface area contributed by atoms with Crippen molar-refractivity contribution in [1.82, 2.24) is 35.4 Å². The number of aromatic nitrogens is 7. The zero-order valence-electron chi connectivity index (χ0n) is 14.8. The molecule has 0 spiro atoms. The van der Waals surface area contributed by atoms with Gasteiger partial charge in [-0.1, -0.05) is 0 Å². The number of nitrogens with one attached hydrogen (secondary N) is 1. The lowest BCUT2D eigenvalue weighted by Gasteiger charge is -2.06. The Balaban J connectivity index is 1.42. The van der Waals surface area contributed by atoms with E-state index in [4.69, 9.17) is 15.6 Å². The number of hydrogen-bond donors (Lipinski definition) is 3. The summed E-state index contributed by atoms with van der Waals surface area (Å²) in [7, 11) is 0. The fourth-order valence-corrected chi connectivity index (χ4v) is 2.51. The lowest BCUT2D eigenvalue weighted by atomic mass is 10.2. The third kappa shape index (κ3) is 4.03. The molecule has 10 heteroatoms. The average molecular weight is 378 g/mol. The fourth-order valence-electron chi connectivity index (χ4n) is 2.51. The molecule has 0 saturated heterocycles. The van der Waals surface area contributed by atoms with Gasteiger partial charge in [-0.15, -0.1) is 10.2 Å². The fraction of sp³-hybridized carbons (Fsp3) is 0.167. The third-order valence-electron chi connectivity index (χ3n) is 3.95. The van der Waals surface area contributed by atoms with E-state index in [1.807, 2.05) is 24.3 Å². The zero-order valence-corrected chi connectivity index (χ0v) is 14.8. The van der Waals surface area contributed by atoms with Gasteiger partial charge in [0, 0.05) is 35.6 Å². The minimum Gasteiger partial charge on any atom is -0.439 e. The van der Waals surface area contributed by atoms with Gasteiger partial charge in [0.05, 0.1) is 18.8 Å². The minimum atomic E-state index is -0.426. The molecule has 1 aromatic carbocycles. The Bertz CT molecular complexity index is 1010. The summed E-state index contributed by atoms with van der Waals surface area (Å²) in [5.41, 5.74) is 8.19. The first-order valence-corrected chi connectivity index (χ1v) is 8.60. The second kappa shape index (κ2) is 7.94. The Morgan fingerprint density at radius 3 is 2.61 bits per heavy atom. The first kappa shape index (κ1) is 17.8. The van der Waals surface area contributed by atoms with E-state index in [1.54, 1.807) is 30.6 Å². The highest BCUT2D eigenvalue weighted by Crippen LogP contribution is 2.24. The number of aromatic amines is 1. The summed E-state index contributed by atoms with van der Waals surface area (Å²) in [6, 6.07) is 12.4. The first-order valence-electron chi connectivity index (χ1n) is 8.60. The molecule has 1 atom stereocenters. The molecule has 3 heterocycles. The van der Waals surface area contributed by atoms with Crippen LogP contribution >= 0.6 is 0 Å². The van der Waals surface area contributed by atoms with Crippen LogP contribution in [-0.2, 0) is 6.54 Å². The van der Waals surface area contributed by atoms with Gasteiger partial charge < -0.3 is 15.6 Å². The summed E-state index contributed by atoms with van der Waals surface area (Å²) in [4.78, 5) is 5.67. The quantitative estimate of drug-likeness (QED) is 0.436. The standard InChI is InChI=1S/C18H18N8O2/c19-14(11-27)10-26-24-18(23-25-26)12-1-4-15(5-2-12)28-17-6-3-13(9-20-17)16-7-8-21-22-16/h1-9,14,27H,10-11,19H2,(H,21,22)/t14-/m0/s1. The lowest BCUT2D eigenvalue weighted by molar-refractivity contribution is 0.245. The molecule has 0 saturated carbocycles. The number of nitrogens with zero attached hydrogens (tertiary/aromatic N) is 6. The van der Waals surface area contributed by atoms with Crippen molar-refractivity contribution in [2.75, 3.05) is 6.61 Å². The number of benzene rings is 1. The van der Waals surface area contributed by atoms with Crippen LogP contribution in [0.1, 0.15) is 0 Å². The molecule has 4 rings (SSSR count). The predicted molar refractivity (Wildman–Crippen MR) is 100 cm³/mol. The molecule has 0 aliphatic heterocycles. The van der Waals surface area contributed by atoms with Crippen LogP contribution in [0.25, 0.3) is 22.6 Å². The minimum absolute atomic E-state index is 0.139. The number of aliphatic hydroxyl groups is 1. The van der Waals surface area contributed by atoms with Crippen molar-refractivity contribution in [3.8, 4) is 34.3 Å². The maximum atomic E-state index is 9.00. The van der Waals surface area contributed by atoms with Gasteiger partial charge in [-0.2, -0.15) is 9.90 Å². The topological polar surface area (TPSA) is 141 Å². The van der Waals surface area contributed by atoms with Gasteiger partial charge in [0.2, 0.25) is 11.7 Å². The van der Waals surface area contributed by atoms with Gasteiger partial charge in [0.25, 0.3) is 0 Å². The number of pyridine rings is 1. The van der Waals surface area contributed by atoms with E-state index >= 15 is 0 Å². The van der Waals surface area contributed by atoms with E-state index in [0.29, 0.717) is 24.0 Å². The van der Waals surface area contributed by atoms with Crippen LogP contribution in [0.5, 0.6) is 11.6 Å². The van der Waals surface area contributed by atoms with Crippen LogP contribution in [0.2, 0.25) is 0 Å². The highest BCUT2D eigenvalue weighted by Gasteiger charge is 2.09.